The molecule has 0 radical (unpaired) electrons. The first-order valence-corrected chi connectivity index (χ1v) is 10.4. The zero-order valence-electron chi connectivity index (χ0n) is 17.4. The second kappa shape index (κ2) is 7.57. The molecule has 0 fully saturated rings. The molecule has 1 aromatic heterocycles. The Morgan fingerprint density at radius 1 is 0.724 bits per heavy atom. The second-order valence-corrected chi connectivity index (χ2v) is 8.99. The highest BCUT2D eigenvalue weighted by Gasteiger charge is 2.19. The van der Waals surface area contributed by atoms with Crippen LogP contribution in [0.15, 0.2) is 84.9 Å². The molecule has 0 amide bonds. The average molecular weight is 400 g/mol. The number of aryl methyl sites for hydroxylation is 1. The Balaban J connectivity index is 1.95. The van der Waals surface area contributed by atoms with E-state index in [-0.39, 0.29) is 5.41 Å². The molecule has 1 nitrogen and oxygen atoms in total. The Bertz CT molecular complexity index is 1130. The summed E-state index contributed by atoms with van der Waals surface area (Å²) in [5.74, 6) is 0. The van der Waals surface area contributed by atoms with Gasteiger partial charge in [-0.2, -0.15) is 0 Å². The summed E-state index contributed by atoms with van der Waals surface area (Å²) >= 11 is 6.31. The van der Waals surface area contributed by atoms with Crippen molar-refractivity contribution in [2.45, 2.75) is 33.1 Å². The van der Waals surface area contributed by atoms with E-state index >= 15 is 0 Å². The maximum Gasteiger partial charge on any atom is 0.0609 e. The van der Waals surface area contributed by atoms with Gasteiger partial charge in [0.15, 0.2) is 0 Å². The monoisotopic (exact) mass is 399 g/mol. The van der Waals surface area contributed by atoms with Crippen molar-refractivity contribution >= 4 is 11.6 Å². The van der Waals surface area contributed by atoms with Gasteiger partial charge in [-0.05, 0) is 59.4 Å². The van der Waals surface area contributed by atoms with Crippen LogP contribution in [0.4, 0.5) is 0 Å². The maximum absolute atomic E-state index is 6.31. The number of nitrogens with zero attached hydrogens (tertiary/aromatic N) is 1. The van der Waals surface area contributed by atoms with E-state index in [2.05, 4.69) is 99.0 Å². The van der Waals surface area contributed by atoms with Gasteiger partial charge in [0.2, 0.25) is 0 Å². The van der Waals surface area contributed by atoms with Crippen LogP contribution in [0, 0.1) is 6.92 Å². The van der Waals surface area contributed by atoms with Crippen molar-refractivity contribution in [1.82, 2.24) is 4.57 Å². The fourth-order valence-electron chi connectivity index (χ4n) is 3.84. The first kappa shape index (κ1) is 19.5. The van der Waals surface area contributed by atoms with Crippen LogP contribution in [-0.4, -0.2) is 4.57 Å². The molecule has 0 atom stereocenters. The van der Waals surface area contributed by atoms with Crippen molar-refractivity contribution < 1.29 is 0 Å². The molecule has 2 heteroatoms. The molecule has 0 N–H and O–H groups in total. The first-order valence-electron chi connectivity index (χ1n) is 9.99. The standard InChI is InChI=1S/C27H26ClN/c1-19-17-25(21-11-8-12-23(28)18-21)26(20-9-6-5-7-10-20)29(19)24-15-13-22(14-16-24)27(2,3)4/h5-18H,1-4H3. The molecule has 0 saturated heterocycles. The molecule has 0 bridgehead atoms. The van der Waals surface area contributed by atoms with Gasteiger partial charge < -0.3 is 4.57 Å². The predicted octanol–water partition coefficient (Wildman–Crippen LogP) is 8.07. The minimum absolute atomic E-state index is 0.137. The topological polar surface area (TPSA) is 4.93 Å². The number of hydrogen-bond donors (Lipinski definition) is 0. The van der Waals surface area contributed by atoms with Crippen LogP contribution in [0.5, 0.6) is 0 Å². The van der Waals surface area contributed by atoms with E-state index < -0.39 is 0 Å². The van der Waals surface area contributed by atoms with Gasteiger partial charge in [-0.15, -0.1) is 0 Å². The van der Waals surface area contributed by atoms with Crippen LogP contribution in [0.3, 0.4) is 0 Å². The van der Waals surface area contributed by atoms with Crippen molar-refractivity contribution in [3.8, 4) is 28.1 Å². The Morgan fingerprint density at radius 2 is 1.38 bits per heavy atom. The summed E-state index contributed by atoms with van der Waals surface area (Å²) < 4.78 is 2.35. The molecule has 0 aliphatic rings. The Morgan fingerprint density at radius 3 is 2.00 bits per heavy atom. The highest BCUT2D eigenvalue weighted by atomic mass is 35.5. The highest BCUT2D eigenvalue weighted by Crippen LogP contribution is 2.38. The lowest BCUT2D eigenvalue weighted by molar-refractivity contribution is 0.590. The Kier molecular flexibility index (Phi) is 5.10. The van der Waals surface area contributed by atoms with Crippen LogP contribution in [-0.2, 0) is 5.41 Å². The smallest absolute Gasteiger partial charge is 0.0609 e. The van der Waals surface area contributed by atoms with Crippen LogP contribution >= 0.6 is 11.6 Å². The van der Waals surface area contributed by atoms with E-state index in [0.29, 0.717) is 0 Å². The molecule has 146 valence electrons. The summed E-state index contributed by atoms with van der Waals surface area (Å²) in [6.07, 6.45) is 0. The molecule has 1 heterocycles. The van der Waals surface area contributed by atoms with Crippen molar-refractivity contribution in [1.29, 1.82) is 0 Å². The molecule has 0 spiro atoms. The van der Waals surface area contributed by atoms with Gasteiger partial charge in [-0.3, -0.25) is 0 Å². The summed E-state index contributed by atoms with van der Waals surface area (Å²) in [6.45, 7) is 8.90. The van der Waals surface area contributed by atoms with E-state index in [1.165, 1.54) is 33.8 Å². The Hall–Kier alpha value is -2.77. The van der Waals surface area contributed by atoms with Crippen LogP contribution in [0.2, 0.25) is 5.02 Å². The van der Waals surface area contributed by atoms with Gasteiger partial charge in [-0.1, -0.05) is 87.0 Å². The number of hydrogen-bond acceptors (Lipinski definition) is 0. The third-order valence-corrected chi connectivity index (χ3v) is 5.59. The van der Waals surface area contributed by atoms with Crippen molar-refractivity contribution in [2.24, 2.45) is 0 Å². The van der Waals surface area contributed by atoms with E-state index in [4.69, 9.17) is 11.6 Å². The average Bonchev–Trinajstić information content (AvgIpc) is 3.05. The van der Waals surface area contributed by atoms with E-state index in [1.54, 1.807) is 0 Å². The molecule has 29 heavy (non-hydrogen) atoms. The third kappa shape index (κ3) is 3.88. The van der Waals surface area contributed by atoms with Gasteiger partial charge in [0.05, 0.1) is 5.69 Å². The van der Waals surface area contributed by atoms with Crippen LogP contribution < -0.4 is 0 Å². The maximum atomic E-state index is 6.31. The predicted molar refractivity (Wildman–Crippen MR) is 125 cm³/mol. The van der Waals surface area contributed by atoms with Gasteiger partial charge in [-0.25, -0.2) is 0 Å². The minimum atomic E-state index is 0.137. The van der Waals surface area contributed by atoms with E-state index in [9.17, 15) is 0 Å². The minimum Gasteiger partial charge on any atom is -0.313 e. The fraction of sp³-hybridized carbons (Fsp3) is 0.185. The normalized spacial score (nSPS) is 11.6. The fourth-order valence-corrected chi connectivity index (χ4v) is 4.03. The Labute approximate surface area is 178 Å². The van der Waals surface area contributed by atoms with Crippen LogP contribution in [0.25, 0.3) is 28.1 Å². The number of aromatic nitrogens is 1. The molecular formula is C27H26ClN. The third-order valence-electron chi connectivity index (χ3n) is 5.36. The van der Waals surface area contributed by atoms with Crippen LogP contribution in [0.1, 0.15) is 32.0 Å². The molecule has 0 aliphatic carbocycles. The van der Waals surface area contributed by atoms with Gasteiger partial charge in [0.1, 0.15) is 0 Å². The number of benzene rings is 3. The molecule has 0 saturated carbocycles. The highest BCUT2D eigenvalue weighted by molar-refractivity contribution is 6.30. The molecule has 4 rings (SSSR count). The quantitative estimate of drug-likeness (QED) is 0.328. The first-order chi connectivity index (χ1) is 13.8. The summed E-state index contributed by atoms with van der Waals surface area (Å²) in [5.41, 5.74) is 8.54. The van der Waals surface area contributed by atoms with E-state index in [0.717, 1.165) is 10.6 Å². The van der Waals surface area contributed by atoms with E-state index in [1.807, 2.05) is 18.2 Å². The molecule has 0 unspecified atom stereocenters. The molecule has 4 aromatic rings. The zero-order valence-corrected chi connectivity index (χ0v) is 18.2. The summed E-state index contributed by atoms with van der Waals surface area (Å²) in [5, 5.41) is 0.751. The second-order valence-electron chi connectivity index (χ2n) is 8.56. The van der Waals surface area contributed by atoms with Crippen molar-refractivity contribution in [2.75, 3.05) is 0 Å². The lowest BCUT2D eigenvalue weighted by Crippen LogP contribution is -2.11. The summed E-state index contributed by atoms with van der Waals surface area (Å²) in [4.78, 5) is 0. The lowest BCUT2D eigenvalue weighted by atomic mass is 9.87. The zero-order chi connectivity index (χ0) is 20.6. The molecule has 0 aliphatic heterocycles. The molecular weight excluding hydrogens is 374 g/mol. The number of rotatable bonds is 3. The summed E-state index contributed by atoms with van der Waals surface area (Å²) in [7, 11) is 0. The van der Waals surface area contributed by atoms with Gasteiger partial charge >= 0.3 is 0 Å². The van der Waals surface area contributed by atoms with Crippen molar-refractivity contribution in [3.63, 3.8) is 0 Å². The summed E-state index contributed by atoms with van der Waals surface area (Å²) in [6, 6.07) is 29.8. The lowest BCUT2D eigenvalue weighted by Gasteiger charge is -2.20. The van der Waals surface area contributed by atoms with Gasteiger partial charge in [0, 0.05) is 22.0 Å². The van der Waals surface area contributed by atoms with Crippen molar-refractivity contribution in [3.05, 3.63) is 101 Å². The van der Waals surface area contributed by atoms with Gasteiger partial charge in [0.25, 0.3) is 0 Å². The SMILES string of the molecule is Cc1cc(-c2cccc(Cl)c2)c(-c2ccccc2)n1-c1ccc(C(C)(C)C)cc1. The number of halogens is 1. The molecule has 3 aromatic carbocycles. The largest absolute Gasteiger partial charge is 0.313 e.